The van der Waals surface area contributed by atoms with E-state index in [1.165, 1.54) is 109 Å². The van der Waals surface area contributed by atoms with Crippen LogP contribution in [0.4, 0.5) is 0 Å². The van der Waals surface area contributed by atoms with Gasteiger partial charge in [-0.25, -0.2) is 4.57 Å². The van der Waals surface area contributed by atoms with E-state index in [0.29, 0.717) is 12.8 Å². The SMILES string of the molecule is CCCCCCCC/C=C/C/C=C/CCC(=O)OC(COC(=O)CCCCCCCCCCCCCCCCC)COP(=O)(O)OC[C@@H](O)CO. The number of unbranched alkanes of at least 4 members (excludes halogenated alkanes) is 20. The summed E-state index contributed by atoms with van der Waals surface area (Å²) in [4.78, 5) is 34.8. The number of phosphoric ester groups is 1. The van der Waals surface area contributed by atoms with Gasteiger partial charge in [-0.15, -0.1) is 0 Å². The standard InChI is InChI=1S/C40H75O10P/c1-3-5-7-9-11-13-15-17-18-20-21-23-25-27-29-31-39(43)47-35-38(36-49-51(45,46)48-34-37(42)33-41)50-40(44)32-30-28-26-24-22-19-16-14-12-10-8-6-4-2/h19,22,26,28,37-38,41-42H,3-18,20-21,23-25,27,29-36H2,1-2H3,(H,45,46)/b22-19+,28-26+/t37-,38?/m0/s1. The lowest BCUT2D eigenvalue weighted by Crippen LogP contribution is -2.29. The Bertz CT molecular complexity index is 910. The average Bonchev–Trinajstić information content (AvgIpc) is 3.12. The molecule has 0 aromatic rings. The van der Waals surface area contributed by atoms with Crippen molar-refractivity contribution in [2.24, 2.45) is 0 Å². The normalized spacial score (nSPS) is 14.2. The highest BCUT2D eigenvalue weighted by atomic mass is 31.2. The van der Waals surface area contributed by atoms with Gasteiger partial charge in [-0.1, -0.05) is 160 Å². The largest absolute Gasteiger partial charge is 0.472 e. The molecule has 0 aromatic carbocycles. The Morgan fingerprint density at radius 1 is 0.588 bits per heavy atom. The van der Waals surface area contributed by atoms with Crippen LogP contribution in [0, 0.1) is 0 Å². The predicted molar refractivity (Wildman–Crippen MR) is 205 cm³/mol. The lowest BCUT2D eigenvalue weighted by Gasteiger charge is -2.20. The number of rotatable bonds is 38. The number of allylic oxidation sites excluding steroid dienone is 4. The van der Waals surface area contributed by atoms with Crippen molar-refractivity contribution in [3.63, 3.8) is 0 Å². The lowest BCUT2D eigenvalue weighted by atomic mass is 10.0. The Labute approximate surface area is 310 Å². The Kier molecular flexibility index (Phi) is 35.7. The zero-order chi connectivity index (χ0) is 37.7. The van der Waals surface area contributed by atoms with Crippen LogP contribution in [0.1, 0.15) is 181 Å². The molecule has 0 radical (unpaired) electrons. The fourth-order valence-electron chi connectivity index (χ4n) is 5.46. The molecule has 2 unspecified atom stereocenters. The van der Waals surface area contributed by atoms with E-state index in [2.05, 4.69) is 30.5 Å². The second-order valence-corrected chi connectivity index (χ2v) is 15.1. The highest BCUT2D eigenvalue weighted by Crippen LogP contribution is 2.43. The summed E-state index contributed by atoms with van der Waals surface area (Å²) >= 11 is 0. The van der Waals surface area contributed by atoms with Crippen molar-refractivity contribution >= 4 is 19.8 Å². The number of hydrogen-bond donors (Lipinski definition) is 3. The highest BCUT2D eigenvalue weighted by molar-refractivity contribution is 7.47. The number of hydrogen-bond acceptors (Lipinski definition) is 9. The molecule has 300 valence electrons. The Balaban J connectivity index is 4.38. The first-order chi connectivity index (χ1) is 24.7. The van der Waals surface area contributed by atoms with Crippen LogP contribution in [0.15, 0.2) is 24.3 Å². The second-order valence-electron chi connectivity index (χ2n) is 13.7. The summed E-state index contributed by atoms with van der Waals surface area (Å²) in [6.45, 7) is 2.31. The van der Waals surface area contributed by atoms with E-state index in [0.717, 1.165) is 32.1 Å². The molecule has 0 saturated heterocycles. The van der Waals surface area contributed by atoms with Gasteiger partial charge in [0.25, 0.3) is 0 Å². The number of carbonyl (C=O) groups excluding carboxylic acids is 2. The Hall–Kier alpha value is -1.55. The summed E-state index contributed by atoms with van der Waals surface area (Å²) in [6.07, 6.45) is 34.5. The first kappa shape index (κ1) is 49.5. The molecular formula is C40H75O10P. The van der Waals surface area contributed by atoms with Crippen LogP contribution in [0.3, 0.4) is 0 Å². The lowest BCUT2D eigenvalue weighted by molar-refractivity contribution is -0.161. The third-order valence-electron chi connectivity index (χ3n) is 8.62. The van der Waals surface area contributed by atoms with Crippen molar-refractivity contribution in [1.29, 1.82) is 0 Å². The minimum atomic E-state index is -4.62. The maximum absolute atomic E-state index is 12.5. The summed E-state index contributed by atoms with van der Waals surface area (Å²) in [6, 6.07) is 0. The van der Waals surface area contributed by atoms with Crippen molar-refractivity contribution in [3.05, 3.63) is 24.3 Å². The zero-order valence-corrected chi connectivity index (χ0v) is 33.2. The average molecular weight is 747 g/mol. The Morgan fingerprint density at radius 3 is 1.59 bits per heavy atom. The van der Waals surface area contributed by atoms with Gasteiger partial charge in [-0.2, -0.15) is 0 Å². The molecular weight excluding hydrogens is 671 g/mol. The molecule has 0 aliphatic heterocycles. The summed E-state index contributed by atoms with van der Waals surface area (Å²) in [7, 11) is -4.62. The molecule has 0 aliphatic rings. The van der Waals surface area contributed by atoms with E-state index < -0.39 is 51.8 Å². The molecule has 0 aromatic heterocycles. The number of phosphoric acid groups is 1. The fraction of sp³-hybridized carbons (Fsp3) is 0.850. The molecule has 3 N–H and O–H groups in total. The number of carbonyl (C=O) groups is 2. The predicted octanol–water partition coefficient (Wildman–Crippen LogP) is 10.2. The third kappa shape index (κ3) is 36.6. The third-order valence-corrected chi connectivity index (χ3v) is 9.57. The van der Waals surface area contributed by atoms with Crippen LogP contribution in [0.25, 0.3) is 0 Å². The van der Waals surface area contributed by atoms with E-state index in [4.69, 9.17) is 19.1 Å². The molecule has 0 heterocycles. The molecule has 0 fully saturated rings. The van der Waals surface area contributed by atoms with Gasteiger partial charge in [0.1, 0.15) is 12.7 Å². The first-order valence-corrected chi connectivity index (χ1v) is 21.8. The van der Waals surface area contributed by atoms with Gasteiger partial charge in [-0.05, 0) is 32.1 Å². The quantitative estimate of drug-likeness (QED) is 0.0241. The topological polar surface area (TPSA) is 149 Å². The molecule has 10 nitrogen and oxygen atoms in total. The summed E-state index contributed by atoms with van der Waals surface area (Å²) < 4.78 is 32.5. The fourth-order valence-corrected chi connectivity index (χ4v) is 6.25. The van der Waals surface area contributed by atoms with Gasteiger partial charge < -0.3 is 24.6 Å². The monoisotopic (exact) mass is 747 g/mol. The van der Waals surface area contributed by atoms with Crippen LogP contribution < -0.4 is 0 Å². The molecule has 0 bridgehead atoms. The minimum absolute atomic E-state index is 0.0809. The van der Waals surface area contributed by atoms with E-state index in [9.17, 15) is 24.2 Å². The van der Waals surface area contributed by atoms with Gasteiger partial charge >= 0.3 is 19.8 Å². The van der Waals surface area contributed by atoms with Crippen LogP contribution in [-0.4, -0.2) is 65.7 Å². The van der Waals surface area contributed by atoms with Crippen molar-refractivity contribution < 1.29 is 47.8 Å². The van der Waals surface area contributed by atoms with Crippen LogP contribution in [-0.2, 0) is 32.7 Å². The zero-order valence-electron chi connectivity index (χ0n) is 32.3. The van der Waals surface area contributed by atoms with Gasteiger partial charge in [0.15, 0.2) is 6.10 Å². The molecule has 0 spiro atoms. The van der Waals surface area contributed by atoms with E-state index in [1.54, 1.807) is 0 Å². The van der Waals surface area contributed by atoms with Crippen LogP contribution in [0.5, 0.6) is 0 Å². The summed E-state index contributed by atoms with van der Waals surface area (Å²) in [5.41, 5.74) is 0. The smallest absolute Gasteiger partial charge is 0.462 e. The maximum Gasteiger partial charge on any atom is 0.472 e. The number of aliphatic hydroxyl groups is 2. The number of esters is 2. The Morgan fingerprint density at radius 2 is 1.06 bits per heavy atom. The summed E-state index contributed by atoms with van der Waals surface area (Å²) in [5.74, 6) is -0.998. The van der Waals surface area contributed by atoms with E-state index >= 15 is 0 Å². The van der Waals surface area contributed by atoms with Gasteiger partial charge in [0, 0.05) is 12.8 Å². The molecule has 51 heavy (non-hydrogen) atoms. The van der Waals surface area contributed by atoms with Crippen molar-refractivity contribution in [3.8, 4) is 0 Å². The number of ether oxygens (including phenoxy) is 2. The molecule has 0 saturated carbocycles. The minimum Gasteiger partial charge on any atom is -0.462 e. The second kappa shape index (κ2) is 36.8. The van der Waals surface area contributed by atoms with Gasteiger partial charge in [0.2, 0.25) is 0 Å². The van der Waals surface area contributed by atoms with Crippen LogP contribution >= 0.6 is 7.82 Å². The molecule has 0 amide bonds. The highest BCUT2D eigenvalue weighted by Gasteiger charge is 2.27. The first-order valence-electron chi connectivity index (χ1n) is 20.3. The van der Waals surface area contributed by atoms with Crippen molar-refractivity contribution in [2.75, 3.05) is 26.4 Å². The molecule has 3 atom stereocenters. The summed E-state index contributed by atoms with van der Waals surface area (Å²) in [5, 5.41) is 18.3. The van der Waals surface area contributed by atoms with Gasteiger partial charge in [-0.3, -0.25) is 18.6 Å². The maximum atomic E-state index is 12.5. The molecule has 0 rings (SSSR count). The van der Waals surface area contributed by atoms with Gasteiger partial charge in [0.05, 0.1) is 19.8 Å². The van der Waals surface area contributed by atoms with Crippen molar-refractivity contribution in [2.45, 2.75) is 193 Å². The van der Waals surface area contributed by atoms with E-state index in [-0.39, 0.29) is 19.4 Å². The number of aliphatic hydroxyl groups excluding tert-OH is 2. The van der Waals surface area contributed by atoms with Crippen LogP contribution in [0.2, 0.25) is 0 Å². The molecule has 0 aliphatic carbocycles. The molecule has 11 heteroatoms. The van der Waals surface area contributed by atoms with E-state index in [1.807, 2.05) is 12.2 Å². The van der Waals surface area contributed by atoms with Crippen molar-refractivity contribution in [1.82, 2.24) is 0 Å².